The van der Waals surface area contributed by atoms with E-state index < -0.39 is 29.7 Å². The zero-order valence-corrected chi connectivity index (χ0v) is 21.4. The number of carbonyl (C=O) groups is 1. The summed E-state index contributed by atoms with van der Waals surface area (Å²) >= 11 is 0. The Morgan fingerprint density at radius 3 is 2.49 bits per heavy atom. The van der Waals surface area contributed by atoms with Crippen LogP contribution >= 0.6 is 0 Å². The topological polar surface area (TPSA) is 139 Å². The molecule has 1 fully saturated rings. The average molecular weight is 535 g/mol. The summed E-state index contributed by atoms with van der Waals surface area (Å²) in [5.74, 6) is 3.90. The molecule has 2 heterocycles. The molecule has 0 radical (unpaired) electrons. The van der Waals surface area contributed by atoms with Crippen LogP contribution in [-0.4, -0.2) is 68.4 Å². The third kappa shape index (κ3) is 7.51. The third-order valence-electron chi connectivity index (χ3n) is 6.81. The third-order valence-corrected chi connectivity index (χ3v) is 6.81. The number of aromatic hydroxyl groups is 1. The van der Waals surface area contributed by atoms with Crippen molar-refractivity contribution in [2.45, 2.75) is 37.8 Å². The molecular formula is C29H31FN4O5. The minimum atomic E-state index is -0.693. The van der Waals surface area contributed by atoms with Crippen LogP contribution in [0.5, 0.6) is 5.75 Å². The molecule has 2 aromatic carbocycles. The van der Waals surface area contributed by atoms with Crippen molar-refractivity contribution in [3.63, 3.8) is 0 Å². The maximum atomic E-state index is 14.9. The van der Waals surface area contributed by atoms with Crippen molar-refractivity contribution in [2.24, 2.45) is 0 Å². The number of rotatable bonds is 8. The van der Waals surface area contributed by atoms with Gasteiger partial charge in [-0.3, -0.25) is 14.5 Å². The van der Waals surface area contributed by atoms with Gasteiger partial charge in [0.25, 0.3) is 5.56 Å². The van der Waals surface area contributed by atoms with Crippen molar-refractivity contribution in [1.29, 1.82) is 0 Å². The van der Waals surface area contributed by atoms with Crippen LogP contribution in [0.15, 0.2) is 53.6 Å². The Hall–Kier alpha value is -4.04. The van der Waals surface area contributed by atoms with Gasteiger partial charge in [0, 0.05) is 49.1 Å². The zero-order valence-electron chi connectivity index (χ0n) is 21.4. The number of hydrogen-bond acceptors (Lipinski definition) is 7. The fraction of sp³-hybridized carbons (Fsp3) is 0.345. The molecule has 5 N–H and O–H groups in total. The first kappa shape index (κ1) is 28.0. The highest BCUT2D eigenvalue weighted by Gasteiger charge is 2.21. The van der Waals surface area contributed by atoms with Gasteiger partial charge in [-0.05, 0) is 48.2 Å². The standard InChI is InChI=1S/C29H31FN4O5/c30-25-13-20(7-8-24(25)22(16-35)14-26-28(38)29(39)32-18-31-26)4-1-19-2-5-21(6-3-19)15-34-11-9-23(10-12-34)33-27(37)17-36/h2-3,5-8,13,18,22-23,35-36,38H,9-12,14-17H2,(H,33,37)(H,31,32,39). The second kappa shape index (κ2) is 13.2. The molecule has 9 nitrogen and oxygen atoms in total. The lowest BCUT2D eigenvalue weighted by Crippen LogP contribution is -2.45. The minimum Gasteiger partial charge on any atom is -0.502 e. The smallest absolute Gasteiger partial charge is 0.293 e. The van der Waals surface area contributed by atoms with Crippen molar-refractivity contribution in [1.82, 2.24) is 20.2 Å². The number of carbonyl (C=O) groups excluding carboxylic acids is 1. The van der Waals surface area contributed by atoms with Gasteiger partial charge in [0.15, 0.2) is 0 Å². The number of aromatic nitrogens is 2. The molecule has 10 heteroatoms. The predicted octanol–water partition coefficient (Wildman–Crippen LogP) is 1.41. The summed E-state index contributed by atoms with van der Waals surface area (Å²) in [6.45, 7) is 1.64. The van der Waals surface area contributed by atoms with Crippen molar-refractivity contribution in [3.05, 3.63) is 92.9 Å². The van der Waals surface area contributed by atoms with Gasteiger partial charge in [0.1, 0.15) is 12.4 Å². The fourth-order valence-electron chi connectivity index (χ4n) is 4.63. The van der Waals surface area contributed by atoms with Gasteiger partial charge in [-0.2, -0.15) is 0 Å². The minimum absolute atomic E-state index is 0.00116. The summed E-state index contributed by atoms with van der Waals surface area (Å²) < 4.78 is 14.9. The number of aromatic amines is 1. The Balaban J connectivity index is 1.35. The number of nitrogens with one attached hydrogen (secondary N) is 2. The SMILES string of the molecule is O=C(CO)NC1CCN(Cc2ccc(C#Cc3ccc(C(CO)Cc4nc[nH]c(=O)c4O)c(F)c3)cc2)CC1. The predicted molar refractivity (Wildman–Crippen MR) is 142 cm³/mol. The summed E-state index contributed by atoms with van der Waals surface area (Å²) in [5.41, 5.74) is 2.05. The number of likely N-dealkylation sites (tertiary alicyclic amines) is 1. The molecule has 1 amide bonds. The van der Waals surface area contributed by atoms with E-state index in [1.807, 2.05) is 24.3 Å². The first-order valence-electron chi connectivity index (χ1n) is 12.8. The van der Waals surface area contributed by atoms with Crippen LogP contribution in [0.2, 0.25) is 0 Å². The molecule has 4 rings (SSSR count). The van der Waals surface area contributed by atoms with Crippen molar-refractivity contribution in [2.75, 3.05) is 26.3 Å². The quantitative estimate of drug-likeness (QED) is 0.276. The summed E-state index contributed by atoms with van der Waals surface area (Å²) in [6, 6.07) is 12.5. The first-order chi connectivity index (χ1) is 18.9. The Morgan fingerprint density at radius 1 is 1.13 bits per heavy atom. The lowest BCUT2D eigenvalue weighted by molar-refractivity contribution is -0.124. The molecule has 1 aliphatic rings. The van der Waals surface area contributed by atoms with Crippen LogP contribution in [0.4, 0.5) is 4.39 Å². The molecule has 1 aromatic heterocycles. The number of amides is 1. The van der Waals surface area contributed by atoms with E-state index in [0.29, 0.717) is 5.56 Å². The van der Waals surface area contributed by atoms with Gasteiger partial charge in [0.05, 0.1) is 18.6 Å². The molecule has 1 unspecified atom stereocenters. The monoisotopic (exact) mass is 534 g/mol. The van der Waals surface area contributed by atoms with Gasteiger partial charge in [0.2, 0.25) is 11.7 Å². The molecule has 1 saturated heterocycles. The van der Waals surface area contributed by atoms with Crippen LogP contribution in [-0.2, 0) is 17.8 Å². The van der Waals surface area contributed by atoms with Crippen molar-refractivity contribution < 1.29 is 24.5 Å². The van der Waals surface area contributed by atoms with Crippen LogP contribution in [0.1, 0.15) is 46.7 Å². The van der Waals surface area contributed by atoms with E-state index in [0.717, 1.165) is 49.9 Å². The van der Waals surface area contributed by atoms with Gasteiger partial charge >= 0.3 is 0 Å². The number of nitrogens with zero attached hydrogens (tertiary/aromatic N) is 2. The number of halogens is 1. The summed E-state index contributed by atoms with van der Waals surface area (Å²) in [4.78, 5) is 31.4. The highest BCUT2D eigenvalue weighted by molar-refractivity contribution is 5.77. The Labute approximate surface area is 225 Å². The molecular weight excluding hydrogens is 503 g/mol. The number of H-pyrrole nitrogens is 1. The molecule has 0 saturated carbocycles. The molecule has 0 aliphatic carbocycles. The number of aliphatic hydroxyl groups excluding tert-OH is 2. The molecule has 204 valence electrons. The zero-order chi connectivity index (χ0) is 27.8. The fourth-order valence-corrected chi connectivity index (χ4v) is 4.63. The molecule has 0 bridgehead atoms. The summed E-state index contributed by atoms with van der Waals surface area (Å²) in [6.07, 6.45) is 2.84. The molecule has 3 aromatic rings. The second-order valence-electron chi connectivity index (χ2n) is 9.57. The molecule has 39 heavy (non-hydrogen) atoms. The van der Waals surface area contributed by atoms with E-state index in [-0.39, 0.29) is 36.2 Å². The normalized spacial score (nSPS) is 14.8. The lowest BCUT2D eigenvalue weighted by Gasteiger charge is -2.32. The van der Waals surface area contributed by atoms with Gasteiger partial charge < -0.3 is 25.6 Å². The van der Waals surface area contributed by atoms with Crippen LogP contribution in [0.3, 0.4) is 0 Å². The van der Waals surface area contributed by atoms with Gasteiger partial charge in [-0.15, -0.1) is 0 Å². The first-order valence-corrected chi connectivity index (χ1v) is 12.8. The van der Waals surface area contributed by atoms with Crippen LogP contribution in [0, 0.1) is 17.7 Å². The highest BCUT2D eigenvalue weighted by Crippen LogP contribution is 2.25. The van der Waals surface area contributed by atoms with E-state index in [2.05, 4.69) is 32.0 Å². The largest absolute Gasteiger partial charge is 0.502 e. The van der Waals surface area contributed by atoms with Crippen LogP contribution in [0.25, 0.3) is 0 Å². The summed E-state index contributed by atoms with van der Waals surface area (Å²) in [7, 11) is 0. The molecule has 1 atom stereocenters. The van der Waals surface area contributed by atoms with Crippen molar-refractivity contribution in [3.8, 4) is 17.6 Å². The van der Waals surface area contributed by atoms with E-state index in [9.17, 15) is 24.2 Å². The van der Waals surface area contributed by atoms with Gasteiger partial charge in [-0.25, -0.2) is 9.37 Å². The van der Waals surface area contributed by atoms with Crippen molar-refractivity contribution >= 4 is 5.91 Å². The maximum absolute atomic E-state index is 14.9. The van der Waals surface area contributed by atoms with E-state index in [4.69, 9.17) is 5.11 Å². The Bertz CT molecular complexity index is 1410. The Kier molecular flexibility index (Phi) is 9.44. The van der Waals surface area contributed by atoms with E-state index in [1.165, 1.54) is 6.07 Å². The number of hydrogen-bond donors (Lipinski definition) is 5. The molecule has 0 spiro atoms. The second-order valence-corrected chi connectivity index (χ2v) is 9.57. The maximum Gasteiger partial charge on any atom is 0.293 e. The molecule has 1 aliphatic heterocycles. The average Bonchev–Trinajstić information content (AvgIpc) is 2.95. The lowest BCUT2D eigenvalue weighted by atomic mass is 9.93. The van der Waals surface area contributed by atoms with Gasteiger partial charge in [-0.1, -0.05) is 30.0 Å². The van der Waals surface area contributed by atoms with E-state index in [1.54, 1.807) is 12.1 Å². The summed E-state index contributed by atoms with van der Waals surface area (Å²) in [5, 5.41) is 31.4. The number of aliphatic hydroxyl groups is 2. The highest BCUT2D eigenvalue weighted by atomic mass is 19.1. The van der Waals surface area contributed by atoms with E-state index >= 15 is 0 Å². The Morgan fingerprint density at radius 2 is 1.82 bits per heavy atom. The number of benzene rings is 2. The van der Waals surface area contributed by atoms with Crippen LogP contribution < -0.4 is 10.9 Å². The number of piperidine rings is 1.